The molecule has 136 valence electrons. The predicted molar refractivity (Wildman–Crippen MR) is 86.6 cm³/mol. The van der Waals surface area contributed by atoms with E-state index in [0.717, 1.165) is 18.2 Å². The molecule has 9 heteroatoms. The molecule has 0 radical (unpaired) electrons. The van der Waals surface area contributed by atoms with E-state index in [1.165, 1.54) is 12.1 Å². The lowest BCUT2D eigenvalue weighted by Gasteiger charge is -2.11. The molecule has 1 atom stereocenters. The lowest BCUT2D eigenvalue weighted by molar-refractivity contribution is -0.123. The van der Waals surface area contributed by atoms with Crippen molar-refractivity contribution in [1.29, 1.82) is 0 Å². The first-order valence-corrected chi connectivity index (χ1v) is 8.86. The molecular weight excluding hydrogens is 368 g/mol. The minimum Gasteiger partial charge on any atom is -0.460 e. The summed E-state index contributed by atoms with van der Waals surface area (Å²) in [5, 5.41) is 0. The Morgan fingerprint density at radius 2 is 1.85 bits per heavy atom. The molecule has 0 saturated carbocycles. The van der Waals surface area contributed by atoms with Gasteiger partial charge in [0.15, 0.2) is 17.7 Å². The van der Waals surface area contributed by atoms with E-state index in [1.807, 2.05) is 0 Å². The Labute approximate surface area is 149 Å². The van der Waals surface area contributed by atoms with E-state index in [1.54, 1.807) is 18.2 Å². The first-order valence-electron chi connectivity index (χ1n) is 7.78. The standard InChI is InChI=1S/C17H13F2NO5S/c18-12-8-4-7-11(13(12)19)15-14(21)16(17(20)24-15)25-26(22,23)9-10-5-2-1-3-6-10/h1-8,15H,9,20H2/i15D. The highest BCUT2D eigenvalue weighted by Gasteiger charge is 2.41. The lowest BCUT2D eigenvalue weighted by atomic mass is 10.1. The van der Waals surface area contributed by atoms with E-state index >= 15 is 0 Å². The molecule has 1 aliphatic heterocycles. The van der Waals surface area contributed by atoms with Crippen LogP contribution in [-0.2, 0) is 29.6 Å². The van der Waals surface area contributed by atoms with Gasteiger partial charge >= 0.3 is 10.1 Å². The normalized spacial score (nSPS) is 20.7. The summed E-state index contributed by atoms with van der Waals surface area (Å²) in [6, 6.07) is 10.8. The van der Waals surface area contributed by atoms with Gasteiger partial charge in [0, 0.05) is 5.56 Å². The average molecular weight is 382 g/mol. The van der Waals surface area contributed by atoms with E-state index in [9.17, 15) is 22.0 Å². The zero-order chi connectivity index (χ0) is 19.8. The molecule has 0 saturated heterocycles. The Kier molecular flexibility index (Phi) is 4.29. The number of carbonyl (C=O) groups excluding carboxylic acids is 1. The zero-order valence-corrected chi connectivity index (χ0v) is 13.9. The lowest BCUT2D eigenvalue weighted by Crippen LogP contribution is -2.17. The van der Waals surface area contributed by atoms with Gasteiger partial charge in [-0.3, -0.25) is 4.79 Å². The highest BCUT2D eigenvalue weighted by molar-refractivity contribution is 7.86. The maximum Gasteiger partial charge on any atom is 0.313 e. The van der Waals surface area contributed by atoms with Gasteiger partial charge in [-0.15, -0.1) is 0 Å². The molecule has 2 N–H and O–H groups in total. The van der Waals surface area contributed by atoms with Crippen LogP contribution < -0.4 is 5.73 Å². The van der Waals surface area contributed by atoms with Gasteiger partial charge < -0.3 is 14.7 Å². The topological polar surface area (TPSA) is 95.7 Å². The van der Waals surface area contributed by atoms with Crippen LogP contribution in [0, 0.1) is 11.6 Å². The minimum absolute atomic E-state index is 0.386. The van der Waals surface area contributed by atoms with Crippen molar-refractivity contribution in [2.24, 2.45) is 5.73 Å². The summed E-state index contributed by atoms with van der Waals surface area (Å²) < 4.78 is 69.5. The molecule has 0 fully saturated rings. The van der Waals surface area contributed by atoms with Crippen LogP contribution in [0.1, 0.15) is 18.6 Å². The van der Waals surface area contributed by atoms with Crippen molar-refractivity contribution in [3.8, 4) is 0 Å². The van der Waals surface area contributed by atoms with Gasteiger partial charge in [-0.2, -0.15) is 8.42 Å². The fraction of sp³-hybridized carbons (Fsp3) is 0.118. The molecule has 1 aliphatic rings. The Bertz CT molecular complexity index is 1040. The number of ketones is 1. The second-order valence-electron chi connectivity index (χ2n) is 5.33. The molecule has 1 unspecified atom stereocenters. The smallest absolute Gasteiger partial charge is 0.313 e. The second kappa shape index (κ2) is 6.75. The molecule has 6 nitrogen and oxygen atoms in total. The molecule has 2 aromatic carbocycles. The Morgan fingerprint density at radius 3 is 2.54 bits per heavy atom. The second-order valence-corrected chi connectivity index (χ2v) is 6.90. The van der Waals surface area contributed by atoms with Crippen LogP contribution in [0.5, 0.6) is 0 Å². The van der Waals surface area contributed by atoms with Crippen LogP contribution in [0.4, 0.5) is 8.78 Å². The zero-order valence-electron chi connectivity index (χ0n) is 14.1. The molecule has 0 aromatic heterocycles. The van der Waals surface area contributed by atoms with Gasteiger partial charge in [0.1, 0.15) is 5.75 Å². The fourth-order valence-electron chi connectivity index (χ4n) is 2.29. The Balaban J connectivity index is 1.88. The third-order valence-electron chi connectivity index (χ3n) is 3.44. The highest BCUT2D eigenvalue weighted by Crippen LogP contribution is 2.34. The molecule has 26 heavy (non-hydrogen) atoms. The van der Waals surface area contributed by atoms with Crippen molar-refractivity contribution in [1.82, 2.24) is 0 Å². The first kappa shape index (κ1) is 16.5. The Hall–Kier alpha value is -2.94. The SMILES string of the molecule is [2H]C1(c2cccc(F)c2F)OC(N)=C(OS(=O)(=O)Cc2ccccc2)C1=O. The average Bonchev–Trinajstić information content (AvgIpc) is 2.81. The van der Waals surface area contributed by atoms with Crippen molar-refractivity contribution in [3.63, 3.8) is 0 Å². The molecule has 0 aliphatic carbocycles. The maximum absolute atomic E-state index is 14.0. The van der Waals surface area contributed by atoms with Crippen LogP contribution in [0.25, 0.3) is 0 Å². The van der Waals surface area contributed by atoms with Gasteiger partial charge in [-0.25, -0.2) is 8.78 Å². The monoisotopic (exact) mass is 382 g/mol. The van der Waals surface area contributed by atoms with E-state index in [0.29, 0.717) is 5.56 Å². The molecule has 0 amide bonds. The third-order valence-corrected chi connectivity index (χ3v) is 4.55. The molecule has 0 spiro atoms. The number of nitrogens with two attached hydrogens (primary N) is 1. The van der Waals surface area contributed by atoms with Crippen LogP contribution in [0.2, 0.25) is 0 Å². The summed E-state index contributed by atoms with van der Waals surface area (Å²) in [5.74, 6) is -6.49. The van der Waals surface area contributed by atoms with Crippen LogP contribution in [0.3, 0.4) is 0 Å². The number of halogens is 2. The minimum atomic E-state index is -4.32. The molecule has 3 rings (SSSR count). The van der Waals surface area contributed by atoms with Crippen molar-refractivity contribution in [3.05, 3.63) is 82.9 Å². The third kappa shape index (κ3) is 3.52. The van der Waals surface area contributed by atoms with E-state index in [4.69, 9.17) is 16.0 Å². The Morgan fingerprint density at radius 1 is 1.15 bits per heavy atom. The van der Waals surface area contributed by atoms with Gasteiger partial charge in [0.05, 0.1) is 1.37 Å². The van der Waals surface area contributed by atoms with Crippen LogP contribution in [0.15, 0.2) is 60.2 Å². The summed E-state index contributed by atoms with van der Waals surface area (Å²) in [7, 11) is -4.32. The fourth-order valence-corrected chi connectivity index (χ4v) is 3.36. The number of hydrogen-bond donors (Lipinski definition) is 1. The summed E-state index contributed by atoms with van der Waals surface area (Å²) in [5.41, 5.74) is 5.11. The van der Waals surface area contributed by atoms with Crippen molar-refractivity contribution >= 4 is 15.9 Å². The number of rotatable bonds is 5. The van der Waals surface area contributed by atoms with Crippen molar-refractivity contribution < 1.29 is 32.3 Å². The number of benzene rings is 2. The number of carbonyl (C=O) groups is 1. The van der Waals surface area contributed by atoms with E-state index < -0.39 is 56.6 Å². The first-order chi connectivity index (χ1) is 12.6. The van der Waals surface area contributed by atoms with E-state index in [-0.39, 0.29) is 0 Å². The summed E-state index contributed by atoms with van der Waals surface area (Å²) in [6.45, 7) is 0. The van der Waals surface area contributed by atoms with Gasteiger partial charge in [-0.05, 0) is 11.6 Å². The molecule has 2 aromatic rings. The maximum atomic E-state index is 14.0. The largest absolute Gasteiger partial charge is 0.460 e. The van der Waals surface area contributed by atoms with Gasteiger partial charge in [0.25, 0.3) is 0 Å². The molecule has 0 bridgehead atoms. The summed E-state index contributed by atoms with van der Waals surface area (Å²) in [6.07, 6.45) is -2.80. The molecule has 1 heterocycles. The van der Waals surface area contributed by atoms with Gasteiger partial charge in [0.2, 0.25) is 17.4 Å². The number of hydrogen-bond acceptors (Lipinski definition) is 6. The van der Waals surface area contributed by atoms with E-state index in [2.05, 4.69) is 0 Å². The van der Waals surface area contributed by atoms with Crippen LogP contribution >= 0.6 is 0 Å². The number of ether oxygens (including phenoxy) is 1. The summed E-state index contributed by atoms with van der Waals surface area (Å²) >= 11 is 0. The predicted octanol–water partition coefficient (Wildman–Crippen LogP) is 2.28. The van der Waals surface area contributed by atoms with Crippen molar-refractivity contribution in [2.45, 2.75) is 11.8 Å². The number of Topliss-reactive ketones (excluding diaryl/α,β-unsaturated/α-hetero) is 1. The van der Waals surface area contributed by atoms with Crippen molar-refractivity contribution in [2.75, 3.05) is 0 Å². The quantitative estimate of drug-likeness (QED) is 0.797. The molecular formula is C17H13F2NO5S. The van der Waals surface area contributed by atoms with Crippen LogP contribution in [-0.4, -0.2) is 14.2 Å². The summed E-state index contributed by atoms with van der Waals surface area (Å²) in [4.78, 5) is 12.5. The van der Waals surface area contributed by atoms with Gasteiger partial charge in [-0.1, -0.05) is 42.5 Å². The highest BCUT2D eigenvalue weighted by atomic mass is 32.2.